The van der Waals surface area contributed by atoms with Crippen LogP contribution in [0.1, 0.15) is 37.0 Å². The molecule has 0 atom stereocenters. The first kappa shape index (κ1) is 14.9. The fourth-order valence-corrected chi connectivity index (χ4v) is 1.93. The van der Waals surface area contributed by atoms with Crippen molar-refractivity contribution in [1.82, 2.24) is 5.32 Å². The minimum atomic E-state index is -0.699. The van der Waals surface area contributed by atoms with E-state index in [1.54, 1.807) is 6.07 Å². The molecule has 0 aliphatic heterocycles. The van der Waals surface area contributed by atoms with Crippen LogP contribution >= 0.6 is 11.6 Å². The number of hydrogen-bond donors (Lipinski definition) is 2. The molecule has 18 heavy (non-hydrogen) atoms. The number of carbonyl (C=O) groups excluding carboxylic acids is 1. The third-order valence-corrected chi connectivity index (χ3v) is 3.61. The third-order valence-electron chi connectivity index (χ3n) is 3.32. The lowest BCUT2D eigenvalue weighted by Crippen LogP contribution is -2.53. The number of amides is 1. The molecule has 1 aromatic carbocycles. The highest BCUT2D eigenvalue weighted by Gasteiger charge is 2.28. The first-order chi connectivity index (χ1) is 8.49. The Morgan fingerprint density at radius 3 is 2.56 bits per heavy atom. The maximum Gasteiger partial charge on any atom is 0.254 e. The quantitative estimate of drug-likeness (QED) is 0.866. The second kappa shape index (κ2) is 6.16. The molecule has 0 saturated carbocycles. The Balaban J connectivity index is 2.98. The maximum atomic E-state index is 13.7. The van der Waals surface area contributed by atoms with Gasteiger partial charge < -0.3 is 11.1 Å². The highest BCUT2D eigenvalue weighted by Crippen LogP contribution is 2.20. The fraction of sp³-hybridized carbons (Fsp3) is 0.462. The van der Waals surface area contributed by atoms with Gasteiger partial charge >= 0.3 is 0 Å². The van der Waals surface area contributed by atoms with Crippen LogP contribution in [0, 0.1) is 5.82 Å². The lowest BCUT2D eigenvalue weighted by molar-refractivity contribution is 0.0891. The standard InChI is InChI=1S/C13H18ClFN2O/c1-3-13(4-2,8-16)17-12(18)9-6-5-7-10(14)11(9)15/h5-7H,3-4,8,16H2,1-2H3,(H,17,18). The van der Waals surface area contributed by atoms with Crippen LogP contribution in [0.25, 0.3) is 0 Å². The predicted molar refractivity (Wildman–Crippen MR) is 71.2 cm³/mol. The number of nitrogens with two attached hydrogens (primary N) is 1. The molecule has 3 nitrogen and oxygen atoms in total. The zero-order chi connectivity index (χ0) is 13.8. The summed E-state index contributed by atoms with van der Waals surface area (Å²) < 4.78 is 13.7. The molecule has 0 aliphatic carbocycles. The molecule has 0 saturated heterocycles. The summed E-state index contributed by atoms with van der Waals surface area (Å²) in [6.45, 7) is 4.18. The van der Waals surface area contributed by atoms with Gasteiger partial charge in [0, 0.05) is 6.54 Å². The van der Waals surface area contributed by atoms with E-state index in [4.69, 9.17) is 17.3 Å². The number of rotatable bonds is 5. The molecule has 0 spiro atoms. The average molecular weight is 273 g/mol. The highest BCUT2D eigenvalue weighted by molar-refractivity contribution is 6.31. The van der Waals surface area contributed by atoms with Crippen LogP contribution in [0.5, 0.6) is 0 Å². The van der Waals surface area contributed by atoms with Crippen LogP contribution in [0.4, 0.5) is 4.39 Å². The van der Waals surface area contributed by atoms with Crippen molar-refractivity contribution in [3.05, 3.63) is 34.6 Å². The summed E-state index contributed by atoms with van der Waals surface area (Å²) in [5.74, 6) is -1.18. The van der Waals surface area contributed by atoms with Gasteiger partial charge in [-0.1, -0.05) is 31.5 Å². The Morgan fingerprint density at radius 2 is 2.06 bits per heavy atom. The van der Waals surface area contributed by atoms with Crippen molar-refractivity contribution in [1.29, 1.82) is 0 Å². The summed E-state index contributed by atoms with van der Waals surface area (Å²) in [5.41, 5.74) is 5.14. The SMILES string of the molecule is CCC(CC)(CN)NC(=O)c1cccc(Cl)c1F. The van der Waals surface area contributed by atoms with Crippen molar-refractivity contribution in [2.75, 3.05) is 6.54 Å². The van der Waals surface area contributed by atoms with Crippen molar-refractivity contribution >= 4 is 17.5 Å². The molecule has 0 heterocycles. The predicted octanol–water partition coefficient (Wildman–Crippen LogP) is 2.73. The lowest BCUT2D eigenvalue weighted by Gasteiger charge is -2.31. The monoisotopic (exact) mass is 272 g/mol. The van der Waals surface area contributed by atoms with Crippen LogP contribution in [0.15, 0.2) is 18.2 Å². The van der Waals surface area contributed by atoms with Gasteiger partial charge in [0.25, 0.3) is 5.91 Å². The van der Waals surface area contributed by atoms with E-state index in [9.17, 15) is 9.18 Å². The summed E-state index contributed by atoms with van der Waals surface area (Å²) in [4.78, 5) is 12.0. The molecule has 1 aromatic rings. The summed E-state index contributed by atoms with van der Waals surface area (Å²) in [5, 5.41) is 2.74. The van der Waals surface area contributed by atoms with Crippen LogP contribution in [-0.4, -0.2) is 18.0 Å². The first-order valence-electron chi connectivity index (χ1n) is 5.96. The Kier molecular flexibility index (Phi) is 5.11. The normalized spacial score (nSPS) is 11.4. The van der Waals surface area contributed by atoms with E-state index in [-0.39, 0.29) is 10.6 Å². The van der Waals surface area contributed by atoms with Gasteiger partial charge in [-0.2, -0.15) is 0 Å². The zero-order valence-electron chi connectivity index (χ0n) is 10.6. The Bertz CT molecular complexity index is 425. The van der Waals surface area contributed by atoms with Gasteiger partial charge in [0.2, 0.25) is 0 Å². The van der Waals surface area contributed by atoms with Gasteiger partial charge in [0.15, 0.2) is 5.82 Å². The van der Waals surface area contributed by atoms with Crippen LogP contribution < -0.4 is 11.1 Å². The molecule has 100 valence electrons. The molecule has 0 aromatic heterocycles. The van der Waals surface area contributed by atoms with Crippen molar-refractivity contribution in [2.45, 2.75) is 32.2 Å². The zero-order valence-corrected chi connectivity index (χ0v) is 11.4. The van der Waals surface area contributed by atoms with Crippen molar-refractivity contribution in [3.63, 3.8) is 0 Å². The van der Waals surface area contributed by atoms with Crippen molar-refractivity contribution in [2.24, 2.45) is 5.73 Å². The minimum Gasteiger partial charge on any atom is -0.345 e. The van der Waals surface area contributed by atoms with E-state index in [1.165, 1.54) is 12.1 Å². The lowest BCUT2D eigenvalue weighted by atomic mass is 9.92. The second-order valence-electron chi connectivity index (χ2n) is 4.25. The number of hydrogen-bond acceptors (Lipinski definition) is 2. The van der Waals surface area contributed by atoms with Gasteiger partial charge in [-0.15, -0.1) is 0 Å². The highest BCUT2D eigenvalue weighted by atomic mass is 35.5. The molecule has 1 rings (SSSR count). The van der Waals surface area contributed by atoms with Crippen LogP contribution in [0.2, 0.25) is 5.02 Å². The molecule has 0 unspecified atom stereocenters. The molecule has 0 radical (unpaired) electrons. The molecule has 5 heteroatoms. The topological polar surface area (TPSA) is 55.1 Å². The molecular formula is C13H18ClFN2O. The van der Waals surface area contributed by atoms with Gasteiger partial charge in [-0.05, 0) is 25.0 Å². The van der Waals surface area contributed by atoms with Gasteiger partial charge in [-0.3, -0.25) is 4.79 Å². The number of benzene rings is 1. The van der Waals surface area contributed by atoms with E-state index < -0.39 is 17.3 Å². The van der Waals surface area contributed by atoms with Crippen LogP contribution in [0.3, 0.4) is 0 Å². The average Bonchev–Trinajstić information content (AvgIpc) is 2.39. The van der Waals surface area contributed by atoms with E-state index >= 15 is 0 Å². The first-order valence-corrected chi connectivity index (χ1v) is 6.34. The Labute approximate surface area is 112 Å². The molecule has 0 bridgehead atoms. The minimum absolute atomic E-state index is 0.0535. The number of carbonyl (C=O) groups is 1. The van der Waals surface area contributed by atoms with Crippen LogP contribution in [-0.2, 0) is 0 Å². The van der Waals surface area contributed by atoms with Crippen molar-refractivity contribution < 1.29 is 9.18 Å². The maximum absolute atomic E-state index is 13.7. The summed E-state index contributed by atoms with van der Waals surface area (Å²) >= 11 is 5.65. The summed E-state index contributed by atoms with van der Waals surface area (Å²) in [7, 11) is 0. The van der Waals surface area contributed by atoms with Gasteiger partial charge in [0.05, 0.1) is 16.1 Å². The van der Waals surface area contributed by atoms with E-state index in [2.05, 4.69) is 5.32 Å². The molecule has 3 N–H and O–H groups in total. The van der Waals surface area contributed by atoms with Crippen molar-refractivity contribution in [3.8, 4) is 0 Å². The van der Waals surface area contributed by atoms with E-state index in [0.717, 1.165) is 0 Å². The van der Waals surface area contributed by atoms with E-state index in [0.29, 0.717) is 19.4 Å². The fourth-order valence-electron chi connectivity index (χ4n) is 1.75. The molecule has 0 fully saturated rings. The summed E-state index contributed by atoms with van der Waals surface area (Å²) in [6, 6.07) is 4.36. The molecular weight excluding hydrogens is 255 g/mol. The Morgan fingerprint density at radius 1 is 1.44 bits per heavy atom. The van der Waals surface area contributed by atoms with Gasteiger partial charge in [0.1, 0.15) is 0 Å². The number of nitrogens with one attached hydrogen (secondary N) is 1. The summed E-state index contributed by atoms with van der Waals surface area (Å²) in [6.07, 6.45) is 1.38. The largest absolute Gasteiger partial charge is 0.345 e. The molecule has 1 amide bonds. The van der Waals surface area contributed by atoms with Gasteiger partial charge in [-0.25, -0.2) is 4.39 Å². The second-order valence-corrected chi connectivity index (χ2v) is 4.65. The van der Waals surface area contributed by atoms with E-state index in [1.807, 2.05) is 13.8 Å². The Hall–Kier alpha value is -1.13. The smallest absolute Gasteiger partial charge is 0.254 e. The molecule has 0 aliphatic rings. The third kappa shape index (κ3) is 3.00. The number of halogens is 2.